The van der Waals surface area contributed by atoms with E-state index in [9.17, 15) is 23.6 Å². The zero-order chi connectivity index (χ0) is 34.6. The number of benzene rings is 4. The molecule has 11 heteroatoms. The van der Waals surface area contributed by atoms with Gasteiger partial charge in [0.15, 0.2) is 0 Å². The zero-order valence-corrected chi connectivity index (χ0v) is 27.5. The Morgan fingerprint density at radius 3 is 1.57 bits per heavy atom. The summed E-state index contributed by atoms with van der Waals surface area (Å²) >= 11 is 0. The van der Waals surface area contributed by atoms with E-state index in [1.54, 1.807) is 21.9 Å². The zero-order valence-electron chi connectivity index (χ0n) is 27.5. The van der Waals surface area contributed by atoms with Crippen molar-refractivity contribution < 1.29 is 23.6 Å². The first-order valence-corrected chi connectivity index (χ1v) is 17.6. The van der Waals surface area contributed by atoms with Gasteiger partial charge in [-0.15, -0.1) is 0 Å². The first-order valence-electron chi connectivity index (χ1n) is 17.6. The summed E-state index contributed by atoms with van der Waals surface area (Å²) in [6, 6.07) is 28.5. The number of carbonyl (C=O) groups excluding carboxylic acids is 4. The molecule has 0 bridgehead atoms. The predicted octanol–water partition coefficient (Wildman–Crippen LogP) is 3.19. The number of rotatable bonds is 5. The summed E-state index contributed by atoms with van der Waals surface area (Å²) in [6.45, 7) is 0. The summed E-state index contributed by atoms with van der Waals surface area (Å²) in [7, 11) is 0. The molecule has 4 aromatic rings. The second-order valence-corrected chi connectivity index (χ2v) is 14.7. The molecule has 0 aliphatic carbocycles. The van der Waals surface area contributed by atoms with Gasteiger partial charge in [0.2, 0.25) is 23.6 Å². The van der Waals surface area contributed by atoms with E-state index >= 15 is 0 Å². The van der Waals surface area contributed by atoms with E-state index in [-0.39, 0.29) is 36.5 Å². The van der Waals surface area contributed by atoms with Crippen LogP contribution in [0.1, 0.15) is 35.1 Å². The number of para-hydroxylation sites is 2. The Morgan fingerprint density at radius 1 is 0.569 bits per heavy atom. The SMILES string of the molecule is O=C1N[C@@H](Cc2ccccc2)C(=O)N2[C@H]3Nc4ccccc4C3(C34C[C@H]5C(=O)N[C@@H](Cc6cccc(F)c6)C(=O)N5[C@H]3Nc3ccccc34)C[C@@H]12. The fourth-order valence-electron chi connectivity index (χ4n) is 10.4. The molecule has 0 radical (unpaired) electrons. The minimum Gasteiger partial charge on any atom is -0.364 e. The van der Waals surface area contributed by atoms with Crippen molar-refractivity contribution in [2.45, 2.75) is 73.0 Å². The molecule has 51 heavy (non-hydrogen) atoms. The quantitative estimate of drug-likeness (QED) is 0.257. The highest BCUT2D eigenvalue weighted by atomic mass is 19.1. The molecule has 4 saturated heterocycles. The third-order valence-electron chi connectivity index (χ3n) is 12.3. The van der Waals surface area contributed by atoms with E-state index < -0.39 is 53.1 Å². The number of fused-ring (bicyclic) bond motifs is 11. The molecule has 0 saturated carbocycles. The molecule has 4 aromatic carbocycles. The van der Waals surface area contributed by atoms with E-state index in [0.717, 1.165) is 28.1 Å². The van der Waals surface area contributed by atoms with Gasteiger partial charge in [0.1, 0.15) is 42.3 Å². The summed E-state index contributed by atoms with van der Waals surface area (Å²) in [5.41, 5.74) is 3.33. The topological polar surface area (TPSA) is 123 Å². The molecule has 10 rings (SSSR count). The minimum atomic E-state index is -0.925. The number of nitrogens with zero attached hydrogens (tertiary/aromatic N) is 2. The smallest absolute Gasteiger partial charge is 0.247 e. The molecule has 4 N–H and O–H groups in total. The van der Waals surface area contributed by atoms with Crippen molar-refractivity contribution in [3.8, 4) is 0 Å². The number of anilines is 2. The molecule has 0 spiro atoms. The van der Waals surface area contributed by atoms with Crippen LogP contribution in [0.5, 0.6) is 0 Å². The average molecular weight is 683 g/mol. The second kappa shape index (κ2) is 10.6. The lowest BCUT2D eigenvalue weighted by molar-refractivity contribution is -0.149. The lowest BCUT2D eigenvalue weighted by Crippen LogP contribution is -2.67. The standard InChI is InChI=1S/C40H35FN6O4/c41-24-12-8-11-23(17-24)19-30-36(51)47-32(34(49)43-30)21-40(26-14-5-7-16-28(26)45-38(40)47)39-20-31-33(48)42-29(18-22-9-2-1-3-10-22)35(50)46(31)37(39)44-27-15-6-4-13-25(27)39/h1-17,29-32,37-38,44-45H,18-21H2,(H,42,48)(H,43,49)/t29-,30-,31-,32-,37+,38+,39?,40?/m0/s1. The molecule has 6 aliphatic rings. The number of carbonyl (C=O) groups is 4. The average Bonchev–Trinajstić information content (AvgIpc) is 3.84. The summed E-state index contributed by atoms with van der Waals surface area (Å²) in [5, 5.41) is 13.4. The molecule has 10 nitrogen and oxygen atoms in total. The highest BCUT2D eigenvalue weighted by Gasteiger charge is 2.78. The van der Waals surface area contributed by atoms with Crippen LogP contribution >= 0.6 is 0 Å². The normalized spacial score (nSPS) is 32.5. The van der Waals surface area contributed by atoms with E-state index in [4.69, 9.17) is 0 Å². The van der Waals surface area contributed by atoms with E-state index in [0.29, 0.717) is 18.4 Å². The summed E-state index contributed by atoms with van der Waals surface area (Å²) in [5.74, 6) is -1.31. The molecule has 0 aromatic heterocycles. The summed E-state index contributed by atoms with van der Waals surface area (Å²) in [6.07, 6.45) is -0.214. The first-order chi connectivity index (χ1) is 24.8. The first kappa shape index (κ1) is 30.1. The number of piperazine rings is 2. The van der Waals surface area contributed by atoms with Gasteiger partial charge in [-0.25, -0.2) is 4.39 Å². The minimum absolute atomic E-state index is 0.143. The fraction of sp³-hybridized carbons (Fsp3) is 0.300. The lowest BCUT2D eigenvalue weighted by atomic mass is 9.54. The molecule has 4 fully saturated rings. The number of hydrogen-bond acceptors (Lipinski definition) is 6. The molecular formula is C40H35FN6O4. The Kier molecular flexibility index (Phi) is 6.29. The van der Waals surface area contributed by atoms with Crippen LogP contribution in [0.25, 0.3) is 0 Å². The Hall–Kier alpha value is -5.71. The number of hydrogen-bond donors (Lipinski definition) is 4. The Morgan fingerprint density at radius 2 is 1.04 bits per heavy atom. The Bertz CT molecular complexity index is 2160. The van der Waals surface area contributed by atoms with Crippen LogP contribution in [0.4, 0.5) is 15.8 Å². The van der Waals surface area contributed by atoms with Gasteiger partial charge in [0.25, 0.3) is 0 Å². The van der Waals surface area contributed by atoms with Gasteiger partial charge in [-0.3, -0.25) is 19.2 Å². The summed E-state index contributed by atoms with van der Waals surface area (Å²) < 4.78 is 14.2. The molecule has 4 amide bonds. The highest BCUT2D eigenvalue weighted by molar-refractivity contribution is 6.01. The van der Waals surface area contributed by atoms with Gasteiger partial charge in [-0.05, 0) is 59.4 Å². The van der Waals surface area contributed by atoms with Gasteiger partial charge < -0.3 is 31.1 Å². The maximum atomic E-state index is 14.6. The molecular weight excluding hydrogens is 647 g/mol. The molecule has 6 heterocycles. The predicted molar refractivity (Wildman–Crippen MR) is 186 cm³/mol. The largest absolute Gasteiger partial charge is 0.364 e. The van der Waals surface area contributed by atoms with Crippen LogP contribution in [0.15, 0.2) is 103 Å². The molecule has 2 unspecified atom stereocenters. The van der Waals surface area contributed by atoms with E-state index in [2.05, 4.69) is 33.4 Å². The van der Waals surface area contributed by atoms with Crippen LogP contribution < -0.4 is 21.3 Å². The van der Waals surface area contributed by atoms with Crippen LogP contribution in [0.3, 0.4) is 0 Å². The van der Waals surface area contributed by atoms with Crippen molar-refractivity contribution >= 4 is 35.0 Å². The summed E-state index contributed by atoms with van der Waals surface area (Å²) in [4.78, 5) is 61.0. The van der Waals surface area contributed by atoms with Crippen molar-refractivity contribution in [2.75, 3.05) is 10.6 Å². The molecule has 8 atom stereocenters. The fourth-order valence-corrected chi connectivity index (χ4v) is 10.4. The lowest BCUT2D eigenvalue weighted by Gasteiger charge is -2.48. The molecule has 6 aliphatic heterocycles. The Labute approximate surface area is 293 Å². The third-order valence-corrected chi connectivity index (χ3v) is 12.3. The maximum absolute atomic E-state index is 14.6. The van der Waals surface area contributed by atoms with Crippen molar-refractivity contribution in [3.63, 3.8) is 0 Å². The Balaban J connectivity index is 1.12. The van der Waals surface area contributed by atoms with Crippen LogP contribution in [-0.2, 0) is 42.8 Å². The third kappa shape index (κ3) is 3.97. The van der Waals surface area contributed by atoms with Crippen LogP contribution in [-0.4, -0.2) is 69.9 Å². The number of nitrogens with one attached hydrogen (secondary N) is 4. The molecule has 256 valence electrons. The number of amides is 4. The van der Waals surface area contributed by atoms with Gasteiger partial charge in [0.05, 0.1) is 10.8 Å². The van der Waals surface area contributed by atoms with Gasteiger partial charge in [-0.1, -0.05) is 78.9 Å². The maximum Gasteiger partial charge on any atom is 0.247 e. The van der Waals surface area contributed by atoms with Gasteiger partial charge >= 0.3 is 0 Å². The van der Waals surface area contributed by atoms with Gasteiger partial charge in [0, 0.05) is 24.2 Å². The van der Waals surface area contributed by atoms with Crippen molar-refractivity contribution in [1.29, 1.82) is 0 Å². The van der Waals surface area contributed by atoms with Crippen molar-refractivity contribution in [3.05, 3.63) is 131 Å². The second-order valence-electron chi connectivity index (χ2n) is 14.7. The monoisotopic (exact) mass is 682 g/mol. The van der Waals surface area contributed by atoms with Crippen molar-refractivity contribution in [1.82, 2.24) is 20.4 Å². The van der Waals surface area contributed by atoms with Crippen molar-refractivity contribution in [2.24, 2.45) is 0 Å². The van der Waals surface area contributed by atoms with Gasteiger partial charge in [-0.2, -0.15) is 0 Å². The highest BCUT2D eigenvalue weighted by Crippen LogP contribution is 2.68. The van der Waals surface area contributed by atoms with E-state index in [1.807, 2.05) is 66.7 Å². The van der Waals surface area contributed by atoms with E-state index in [1.165, 1.54) is 12.1 Å². The van der Waals surface area contributed by atoms with Crippen LogP contribution in [0.2, 0.25) is 0 Å². The number of halogens is 1. The van der Waals surface area contributed by atoms with Crippen LogP contribution in [0, 0.1) is 5.82 Å².